The Morgan fingerprint density at radius 3 is 2.23 bits per heavy atom. The van der Waals surface area contributed by atoms with Crippen molar-refractivity contribution < 1.29 is 9.59 Å². The van der Waals surface area contributed by atoms with Crippen molar-refractivity contribution in [2.75, 3.05) is 5.32 Å². The molecule has 3 aromatic rings. The maximum atomic E-state index is 12.6. The summed E-state index contributed by atoms with van der Waals surface area (Å²) in [6.07, 6.45) is 1.58. The van der Waals surface area contributed by atoms with E-state index in [1.807, 2.05) is 57.2 Å². The molecule has 0 aliphatic heterocycles. The van der Waals surface area contributed by atoms with Gasteiger partial charge in [0.2, 0.25) is 5.91 Å². The van der Waals surface area contributed by atoms with E-state index in [9.17, 15) is 14.9 Å². The molecule has 0 bridgehead atoms. The number of carbonyl (C=O) groups excluding carboxylic acids is 2. The van der Waals surface area contributed by atoms with Gasteiger partial charge in [-0.15, -0.1) is 0 Å². The zero-order valence-corrected chi connectivity index (χ0v) is 17.1. The van der Waals surface area contributed by atoms with Gasteiger partial charge in [-0.1, -0.05) is 17.7 Å². The summed E-state index contributed by atoms with van der Waals surface area (Å²) in [5.41, 5.74) is 10.9. The molecule has 3 rings (SSSR count). The Morgan fingerprint density at radius 1 is 1.03 bits per heavy atom. The number of aryl methyl sites for hydroxylation is 2. The second-order valence-electron chi connectivity index (χ2n) is 7.06. The van der Waals surface area contributed by atoms with Crippen LogP contribution in [0.15, 0.2) is 60.2 Å². The normalized spacial score (nSPS) is 11.1. The number of nitrogens with one attached hydrogen (secondary N) is 1. The highest BCUT2D eigenvalue weighted by atomic mass is 16.2. The summed E-state index contributed by atoms with van der Waals surface area (Å²) < 4.78 is 2.08. The van der Waals surface area contributed by atoms with Gasteiger partial charge in [0, 0.05) is 28.3 Å². The van der Waals surface area contributed by atoms with Crippen LogP contribution in [0, 0.1) is 32.1 Å². The van der Waals surface area contributed by atoms with Crippen LogP contribution >= 0.6 is 0 Å². The van der Waals surface area contributed by atoms with Gasteiger partial charge in [-0.05, 0) is 74.9 Å². The summed E-state index contributed by atoms with van der Waals surface area (Å²) in [6, 6.07) is 18.2. The molecule has 0 saturated carbocycles. The molecule has 1 aromatic heterocycles. The van der Waals surface area contributed by atoms with Crippen molar-refractivity contribution in [1.29, 1.82) is 5.26 Å². The lowest BCUT2D eigenvalue weighted by atomic mass is 10.1. The zero-order valence-electron chi connectivity index (χ0n) is 17.1. The molecule has 6 nitrogen and oxygen atoms in total. The molecule has 30 heavy (non-hydrogen) atoms. The van der Waals surface area contributed by atoms with Gasteiger partial charge in [0.15, 0.2) is 0 Å². The number of nitriles is 1. The second kappa shape index (κ2) is 8.50. The van der Waals surface area contributed by atoms with E-state index in [1.165, 1.54) is 17.7 Å². The maximum absolute atomic E-state index is 12.6. The van der Waals surface area contributed by atoms with Crippen LogP contribution in [0.2, 0.25) is 0 Å². The van der Waals surface area contributed by atoms with E-state index in [0.717, 1.165) is 22.6 Å². The van der Waals surface area contributed by atoms with Crippen molar-refractivity contribution in [1.82, 2.24) is 4.57 Å². The molecular formula is C24H22N4O2. The van der Waals surface area contributed by atoms with Crippen LogP contribution < -0.4 is 11.1 Å². The number of hydrogen-bond donors (Lipinski definition) is 2. The molecule has 0 saturated heterocycles. The van der Waals surface area contributed by atoms with Crippen LogP contribution in [-0.4, -0.2) is 16.4 Å². The van der Waals surface area contributed by atoms with E-state index < -0.39 is 11.8 Å². The Morgan fingerprint density at radius 2 is 1.67 bits per heavy atom. The van der Waals surface area contributed by atoms with Gasteiger partial charge in [-0.3, -0.25) is 9.59 Å². The number of carbonyl (C=O) groups is 2. The third kappa shape index (κ3) is 4.31. The number of benzene rings is 2. The SMILES string of the molecule is Cc1ccc(-n2c(C)cc(/C=C(\C#N)C(=O)Nc3ccc(C(N)=O)cc3)c2C)cc1. The number of nitrogens with two attached hydrogens (primary N) is 1. The predicted octanol–water partition coefficient (Wildman–Crippen LogP) is 4.05. The van der Waals surface area contributed by atoms with Crippen LogP contribution in [0.5, 0.6) is 0 Å². The topological polar surface area (TPSA) is 101 Å². The first-order valence-electron chi connectivity index (χ1n) is 9.39. The molecule has 6 heteroatoms. The maximum Gasteiger partial charge on any atom is 0.266 e. The summed E-state index contributed by atoms with van der Waals surface area (Å²) in [4.78, 5) is 23.7. The van der Waals surface area contributed by atoms with Crippen LogP contribution in [0.3, 0.4) is 0 Å². The first kappa shape index (κ1) is 20.6. The molecule has 3 N–H and O–H groups in total. The highest BCUT2D eigenvalue weighted by molar-refractivity contribution is 6.10. The third-order valence-electron chi connectivity index (χ3n) is 4.85. The quantitative estimate of drug-likeness (QED) is 0.501. The van der Waals surface area contributed by atoms with Crippen molar-refractivity contribution >= 4 is 23.6 Å². The number of hydrogen-bond acceptors (Lipinski definition) is 3. The summed E-state index contributed by atoms with van der Waals surface area (Å²) in [5.74, 6) is -1.07. The Balaban J connectivity index is 1.88. The molecule has 2 amide bonds. The fraction of sp³-hybridized carbons (Fsp3) is 0.125. The summed E-state index contributed by atoms with van der Waals surface area (Å²) in [7, 11) is 0. The molecule has 0 atom stereocenters. The van der Waals surface area contributed by atoms with Crippen molar-refractivity contribution in [2.24, 2.45) is 5.73 Å². The fourth-order valence-electron chi connectivity index (χ4n) is 3.25. The molecule has 0 fully saturated rings. The van der Waals surface area contributed by atoms with E-state index in [1.54, 1.807) is 18.2 Å². The van der Waals surface area contributed by atoms with Gasteiger partial charge in [-0.25, -0.2) is 0 Å². The molecular weight excluding hydrogens is 376 g/mol. The number of rotatable bonds is 5. The van der Waals surface area contributed by atoms with Gasteiger partial charge >= 0.3 is 0 Å². The molecule has 0 unspecified atom stereocenters. The smallest absolute Gasteiger partial charge is 0.266 e. The van der Waals surface area contributed by atoms with E-state index in [4.69, 9.17) is 5.73 Å². The minimum atomic E-state index is -0.547. The Labute approximate surface area is 175 Å². The van der Waals surface area contributed by atoms with Crippen LogP contribution in [0.25, 0.3) is 11.8 Å². The Hall–Kier alpha value is -4.11. The summed E-state index contributed by atoms with van der Waals surface area (Å²) in [5, 5.41) is 12.2. The number of aromatic nitrogens is 1. The summed E-state index contributed by atoms with van der Waals surface area (Å²) >= 11 is 0. The van der Waals surface area contributed by atoms with Gasteiger partial charge in [-0.2, -0.15) is 5.26 Å². The molecule has 0 spiro atoms. The Kier molecular flexibility index (Phi) is 5.84. The molecule has 1 heterocycles. The average Bonchev–Trinajstić information content (AvgIpc) is 3.00. The first-order chi connectivity index (χ1) is 14.3. The second-order valence-corrected chi connectivity index (χ2v) is 7.06. The molecule has 0 radical (unpaired) electrons. The van der Waals surface area contributed by atoms with Gasteiger partial charge < -0.3 is 15.6 Å². The monoisotopic (exact) mass is 398 g/mol. The highest BCUT2D eigenvalue weighted by Gasteiger charge is 2.14. The van der Waals surface area contributed by atoms with Crippen LogP contribution in [0.4, 0.5) is 5.69 Å². The average molecular weight is 398 g/mol. The predicted molar refractivity (Wildman–Crippen MR) is 117 cm³/mol. The van der Waals surface area contributed by atoms with E-state index in [-0.39, 0.29) is 5.57 Å². The van der Waals surface area contributed by atoms with Gasteiger partial charge in [0.05, 0.1) is 0 Å². The lowest BCUT2D eigenvalue weighted by Gasteiger charge is -2.10. The molecule has 150 valence electrons. The number of nitrogens with zero attached hydrogens (tertiary/aromatic N) is 2. The van der Waals surface area contributed by atoms with Crippen LogP contribution in [0.1, 0.15) is 32.9 Å². The molecule has 0 aliphatic carbocycles. The van der Waals surface area contributed by atoms with E-state index in [0.29, 0.717) is 11.3 Å². The van der Waals surface area contributed by atoms with Crippen molar-refractivity contribution in [2.45, 2.75) is 20.8 Å². The van der Waals surface area contributed by atoms with E-state index >= 15 is 0 Å². The van der Waals surface area contributed by atoms with Gasteiger partial charge in [0.25, 0.3) is 5.91 Å². The fourth-order valence-corrected chi connectivity index (χ4v) is 3.25. The van der Waals surface area contributed by atoms with Crippen molar-refractivity contribution in [3.05, 3.63) is 88.2 Å². The zero-order chi connectivity index (χ0) is 21.8. The lowest BCUT2D eigenvalue weighted by molar-refractivity contribution is -0.112. The molecule has 0 aliphatic rings. The van der Waals surface area contributed by atoms with Gasteiger partial charge in [0.1, 0.15) is 11.6 Å². The number of anilines is 1. The standard InChI is InChI=1S/C24H22N4O2/c1-15-4-10-22(11-5-15)28-16(2)12-19(17(28)3)13-20(14-25)24(30)27-21-8-6-18(7-9-21)23(26)29/h4-13H,1-3H3,(H2,26,29)(H,27,30)/b20-13+. The third-order valence-corrected chi connectivity index (χ3v) is 4.85. The van der Waals surface area contributed by atoms with Crippen molar-refractivity contribution in [3.8, 4) is 11.8 Å². The largest absolute Gasteiger partial charge is 0.366 e. The summed E-state index contributed by atoms with van der Waals surface area (Å²) in [6.45, 7) is 5.97. The minimum Gasteiger partial charge on any atom is -0.366 e. The molecule has 2 aromatic carbocycles. The Bertz CT molecular complexity index is 1180. The highest BCUT2D eigenvalue weighted by Crippen LogP contribution is 2.23. The minimum absolute atomic E-state index is 0.0156. The van der Waals surface area contributed by atoms with Crippen molar-refractivity contribution in [3.63, 3.8) is 0 Å². The lowest BCUT2D eigenvalue weighted by Crippen LogP contribution is -2.14. The number of primary amides is 1. The van der Waals surface area contributed by atoms with E-state index in [2.05, 4.69) is 9.88 Å². The van der Waals surface area contributed by atoms with Crippen LogP contribution in [-0.2, 0) is 4.79 Å². The first-order valence-corrected chi connectivity index (χ1v) is 9.39. The number of amides is 2.